The first-order chi connectivity index (χ1) is 9.08. The topological polar surface area (TPSA) is 37.3 Å². The number of phenols is 1. The van der Waals surface area contributed by atoms with Crippen LogP contribution in [0, 0.1) is 11.6 Å². The van der Waals surface area contributed by atoms with Crippen LogP contribution in [-0.4, -0.2) is 10.9 Å². The third kappa shape index (κ3) is 3.04. The summed E-state index contributed by atoms with van der Waals surface area (Å²) in [6.45, 7) is 0. The molecule has 0 amide bonds. The predicted molar refractivity (Wildman–Crippen MR) is 67.8 cm³/mol. The van der Waals surface area contributed by atoms with Crippen LogP contribution < -0.4 is 0 Å². The number of carbonyl (C=O) groups is 1. The predicted octanol–water partition coefficient (Wildman–Crippen LogP) is 3.57. The van der Waals surface area contributed by atoms with Crippen molar-refractivity contribution in [2.75, 3.05) is 0 Å². The lowest BCUT2D eigenvalue weighted by Crippen LogP contribution is -1.94. The number of para-hydroxylation sites is 1. The first-order valence-corrected chi connectivity index (χ1v) is 5.53. The molecule has 0 radical (unpaired) electrons. The quantitative estimate of drug-likeness (QED) is 0.676. The molecule has 2 aromatic carbocycles. The van der Waals surface area contributed by atoms with E-state index < -0.39 is 17.4 Å². The van der Waals surface area contributed by atoms with Crippen LogP contribution in [0.2, 0.25) is 0 Å². The van der Waals surface area contributed by atoms with Gasteiger partial charge in [0.1, 0.15) is 5.75 Å². The fourth-order valence-corrected chi connectivity index (χ4v) is 1.56. The van der Waals surface area contributed by atoms with E-state index in [9.17, 15) is 18.7 Å². The maximum atomic E-state index is 13.0. The fourth-order valence-electron chi connectivity index (χ4n) is 1.56. The monoisotopic (exact) mass is 260 g/mol. The molecule has 0 atom stereocenters. The molecule has 0 aromatic heterocycles. The summed E-state index contributed by atoms with van der Waals surface area (Å²) >= 11 is 0. The number of ketones is 1. The van der Waals surface area contributed by atoms with Crippen molar-refractivity contribution in [1.29, 1.82) is 0 Å². The van der Waals surface area contributed by atoms with Crippen LogP contribution in [0.25, 0.3) is 6.08 Å². The lowest BCUT2D eigenvalue weighted by molar-refractivity contribution is 0.104. The minimum Gasteiger partial charge on any atom is -0.507 e. The van der Waals surface area contributed by atoms with Crippen molar-refractivity contribution in [2.24, 2.45) is 0 Å². The molecular formula is C15H10F2O2. The number of allylic oxidation sites excluding steroid dienone is 1. The van der Waals surface area contributed by atoms with E-state index in [1.54, 1.807) is 12.1 Å². The Morgan fingerprint density at radius 2 is 1.79 bits per heavy atom. The number of phenolic OH excluding ortho intramolecular Hbond substituents is 1. The number of aromatic hydroxyl groups is 1. The molecule has 96 valence electrons. The lowest BCUT2D eigenvalue weighted by Gasteiger charge is -1.99. The average Bonchev–Trinajstić information content (AvgIpc) is 2.40. The van der Waals surface area contributed by atoms with Gasteiger partial charge in [0.15, 0.2) is 17.4 Å². The van der Waals surface area contributed by atoms with Gasteiger partial charge in [0, 0.05) is 0 Å². The highest BCUT2D eigenvalue weighted by atomic mass is 19.2. The van der Waals surface area contributed by atoms with Gasteiger partial charge < -0.3 is 5.11 Å². The van der Waals surface area contributed by atoms with E-state index in [1.807, 2.05) is 0 Å². The molecule has 0 saturated carbocycles. The second-order valence-corrected chi connectivity index (χ2v) is 3.89. The summed E-state index contributed by atoms with van der Waals surface area (Å²) in [4.78, 5) is 11.8. The minimum absolute atomic E-state index is 0.123. The van der Waals surface area contributed by atoms with Crippen molar-refractivity contribution in [1.82, 2.24) is 0 Å². The van der Waals surface area contributed by atoms with E-state index in [4.69, 9.17) is 0 Å². The molecule has 0 aliphatic carbocycles. The Morgan fingerprint density at radius 1 is 1.05 bits per heavy atom. The highest BCUT2D eigenvalue weighted by Gasteiger charge is 2.06. The van der Waals surface area contributed by atoms with Gasteiger partial charge in [-0.05, 0) is 35.9 Å². The van der Waals surface area contributed by atoms with Gasteiger partial charge in [0.05, 0.1) is 5.56 Å². The number of hydrogen-bond donors (Lipinski definition) is 1. The number of rotatable bonds is 3. The third-order valence-electron chi connectivity index (χ3n) is 2.54. The molecule has 2 aromatic rings. The molecule has 0 fully saturated rings. The van der Waals surface area contributed by atoms with Crippen molar-refractivity contribution in [3.05, 3.63) is 71.3 Å². The SMILES string of the molecule is O=C(C=Cc1ccc(F)c(F)c1)c1ccccc1O. The molecule has 0 heterocycles. The standard InChI is InChI=1S/C15H10F2O2/c16-12-7-5-10(9-13(12)17)6-8-15(19)11-3-1-2-4-14(11)18/h1-9,18H. The maximum absolute atomic E-state index is 13.0. The molecular weight excluding hydrogens is 250 g/mol. The summed E-state index contributed by atoms with van der Waals surface area (Å²) in [6, 6.07) is 9.44. The van der Waals surface area contributed by atoms with E-state index in [1.165, 1.54) is 30.4 Å². The molecule has 0 spiro atoms. The van der Waals surface area contributed by atoms with Crippen molar-refractivity contribution < 1.29 is 18.7 Å². The van der Waals surface area contributed by atoms with Crippen LogP contribution in [-0.2, 0) is 0 Å². The molecule has 2 rings (SSSR count). The zero-order valence-corrected chi connectivity index (χ0v) is 9.81. The smallest absolute Gasteiger partial charge is 0.189 e. The summed E-state index contributed by atoms with van der Waals surface area (Å²) in [7, 11) is 0. The van der Waals surface area contributed by atoms with Gasteiger partial charge in [-0.15, -0.1) is 0 Å². The molecule has 1 N–H and O–H groups in total. The average molecular weight is 260 g/mol. The molecule has 0 bridgehead atoms. The first-order valence-electron chi connectivity index (χ1n) is 5.53. The Labute approximate surface area is 108 Å². The van der Waals surface area contributed by atoms with Crippen LogP contribution in [0.4, 0.5) is 8.78 Å². The minimum atomic E-state index is -0.975. The van der Waals surface area contributed by atoms with E-state index in [0.717, 1.165) is 12.1 Å². The van der Waals surface area contributed by atoms with Crippen molar-refractivity contribution in [3.8, 4) is 5.75 Å². The van der Waals surface area contributed by atoms with Crippen LogP contribution in [0.15, 0.2) is 48.5 Å². The van der Waals surface area contributed by atoms with Gasteiger partial charge in [0.25, 0.3) is 0 Å². The van der Waals surface area contributed by atoms with E-state index in [2.05, 4.69) is 0 Å². The summed E-state index contributed by atoms with van der Waals surface area (Å²) in [5, 5.41) is 9.49. The summed E-state index contributed by atoms with van der Waals surface area (Å²) < 4.78 is 25.7. The highest BCUT2D eigenvalue weighted by molar-refractivity contribution is 6.08. The Morgan fingerprint density at radius 3 is 2.47 bits per heavy atom. The molecule has 0 unspecified atom stereocenters. The van der Waals surface area contributed by atoms with E-state index in [0.29, 0.717) is 5.56 Å². The molecule has 2 nitrogen and oxygen atoms in total. The Hall–Kier alpha value is -2.49. The van der Waals surface area contributed by atoms with Crippen molar-refractivity contribution >= 4 is 11.9 Å². The van der Waals surface area contributed by atoms with E-state index >= 15 is 0 Å². The Balaban J connectivity index is 2.21. The molecule has 0 aliphatic heterocycles. The zero-order chi connectivity index (χ0) is 13.8. The van der Waals surface area contributed by atoms with Crippen molar-refractivity contribution in [2.45, 2.75) is 0 Å². The Kier molecular flexibility index (Phi) is 3.71. The third-order valence-corrected chi connectivity index (χ3v) is 2.54. The number of benzene rings is 2. The highest BCUT2D eigenvalue weighted by Crippen LogP contribution is 2.17. The summed E-state index contributed by atoms with van der Waals surface area (Å²) in [5.74, 6) is -2.45. The molecule has 0 aliphatic rings. The molecule has 4 heteroatoms. The molecule has 19 heavy (non-hydrogen) atoms. The number of carbonyl (C=O) groups excluding carboxylic acids is 1. The zero-order valence-electron chi connectivity index (χ0n) is 9.81. The van der Waals surface area contributed by atoms with Crippen LogP contribution in [0.5, 0.6) is 5.75 Å². The second kappa shape index (κ2) is 5.44. The lowest BCUT2D eigenvalue weighted by atomic mass is 10.1. The van der Waals surface area contributed by atoms with Crippen LogP contribution in [0.3, 0.4) is 0 Å². The summed E-state index contributed by atoms with van der Waals surface area (Å²) in [6.07, 6.45) is 2.55. The van der Waals surface area contributed by atoms with Gasteiger partial charge in [-0.25, -0.2) is 8.78 Å². The van der Waals surface area contributed by atoms with Crippen LogP contribution in [0.1, 0.15) is 15.9 Å². The Bertz CT molecular complexity index is 648. The van der Waals surface area contributed by atoms with Crippen LogP contribution >= 0.6 is 0 Å². The number of halogens is 2. The normalized spacial score (nSPS) is 10.8. The summed E-state index contributed by atoms with van der Waals surface area (Å²) in [5.41, 5.74) is 0.518. The second-order valence-electron chi connectivity index (χ2n) is 3.89. The van der Waals surface area contributed by atoms with Crippen molar-refractivity contribution in [3.63, 3.8) is 0 Å². The van der Waals surface area contributed by atoms with Gasteiger partial charge >= 0.3 is 0 Å². The van der Waals surface area contributed by atoms with Gasteiger partial charge in [-0.2, -0.15) is 0 Å². The maximum Gasteiger partial charge on any atom is 0.189 e. The van der Waals surface area contributed by atoms with Gasteiger partial charge in [-0.1, -0.05) is 24.3 Å². The van der Waals surface area contributed by atoms with Gasteiger partial charge in [0.2, 0.25) is 0 Å². The van der Waals surface area contributed by atoms with E-state index in [-0.39, 0.29) is 11.3 Å². The fraction of sp³-hybridized carbons (Fsp3) is 0. The first kappa shape index (κ1) is 13.0. The largest absolute Gasteiger partial charge is 0.507 e. The molecule has 0 saturated heterocycles. The number of hydrogen-bond acceptors (Lipinski definition) is 2. The van der Waals surface area contributed by atoms with Gasteiger partial charge in [-0.3, -0.25) is 4.79 Å².